The third kappa shape index (κ3) is 2.79. The van der Waals surface area contributed by atoms with Gasteiger partial charge in [-0.25, -0.2) is 4.68 Å². The fourth-order valence-electron chi connectivity index (χ4n) is 3.93. The normalized spacial score (nSPS) is 11.3. The molecule has 3 aromatic carbocycles. The van der Waals surface area contributed by atoms with E-state index in [9.17, 15) is 9.59 Å². The highest BCUT2D eigenvalue weighted by molar-refractivity contribution is 5.86. The summed E-state index contributed by atoms with van der Waals surface area (Å²) >= 11 is 0. The molecule has 0 fully saturated rings. The number of aryl methyl sites for hydroxylation is 1. The first-order chi connectivity index (χ1) is 14.1. The number of H-pyrrole nitrogens is 2. The summed E-state index contributed by atoms with van der Waals surface area (Å²) in [7, 11) is 0. The van der Waals surface area contributed by atoms with Gasteiger partial charge in [0.25, 0.3) is 5.56 Å². The maximum absolute atomic E-state index is 13.3. The SMILES string of the molecule is Cc1[nH]c2[nH]n(-c3ccccc3)c(=O)c2c(=O)c1Cc1cccc2ccccc12. The average molecular weight is 381 g/mol. The van der Waals surface area contributed by atoms with E-state index in [0.29, 0.717) is 23.3 Å². The summed E-state index contributed by atoms with van der Waals surface area (Å²) in [5.41, 5.74) is 3.02. The highest BCUT2D eigenvalue weighted by atomic mass is 16.1. The summed E-state index contributed by atoms with van der Waals surface area (Å²) in [6.07, 6.45) is 0.467. The predicted molar refractivity (Wildman–Crippen MR) is 116 cm³/mol. The van der Waals surface area contributed by atoms with Crippen LogP contribution in [0, 0.1) is 6.92 Å². The van der Waals surface area contributed by atoms with Gasteiger partial charge in [-0.15, -0.1) is 0 Å². The van der Waals surface area contributed by atoms with Crippen molar-refractivity contribution in [1.82, 2.24) is 14.8 Å². The molecule has 5 nitrogen and oxygen atoms in total. The third-order valence-corrected chi connectivity index (χ3v) is 5.42. The Hall–Kier alpha value is -3.86. The van der Waals surface area contributed by atoms with Crippen LogP contribution in [0.15, 0.2) is 82.4 Å². The van der Waals surface area contributed by atoms with Gasteiger partial charge in [-0.1, -0.05) is 60.7 Å². The maximum atomic E-state index is 13.3. The van der Waals surface area contributed by atoms with E-state index < -0.39 is 0 Å². The van der Waals surface area contributed by atoms with E-state index in [1.165, 1.54) is 4.68 Å². The Bertz CT molecular complexity index is 1470. The first-order valence-electron chi connectivity index (χ1n) is 9.52. The quantitative estimate of drug-likeness (QED) is 0.495. The van der Waals surface area contributed by atoms with Crippen LogP contribution in [0.5, 0.6) is 0 Å². The summed E-state index contributed by atoms with van der Waals surface area (Å²) < 4.78 is 1.41. The molecule has 0 saturated heterocycles. The van der Waals surface area contributed by atoms with Gasteiger partial charge >= 0.3 is 0 Å². The second-order valence-electron chi connectivity index (χ2n) is 7.21. The van der Waals surface area contributed by atoms with Crippen LogP contribution >= 0.6 is 0 Å². The first kappa shape index (κ1) is 17.3. The van der Waals surface area contributed by atoms with Crippen molar-refractivity contribution in [1.29, 1.82) is 0 Å². The minimum atomic E-state index is -0.341. The minimum absolute atomic E-state index is 0.162. The van der Waals surface area contributed by atoms with Gasteiger partial charge in [0.15, 0.2) is 5.43 Å². The second-order valence-corrected chi connectivity index (χ2v) is 7.21. The van der Waals surface area contributed by atoms with E-state index in [1.54, 1.807) is 0 Å². The Kier molecular flexibility index (Phi) is 3.95. The molecule has 0 aliphatic heterocycles. The lowest BCUT2D eigenvalue weighted by Crippen LogP contribution is -2.21. The van der Waals surface area contributed by atoms with Gasteiger partial charge < -0.3 is 4.98 Å². The number of aromatic nitrogens is 3. The number of hydrogen-bond donors (Lipinski definition) is 2. The highest BCUT2D eigenvalue weighted by Crippen LogP contribution is 2.21. The van der Waals surface area contributed by atoms with Crippen molar-refractivity contribution in [2.24, 2.45) is 0 Å². The number of para-hydroxylation sites is 1. The van der Waals surface area contributed by atoms with Crippen LogP contribution in [0.3, 0.4) is 0 Å². The van der Waals surface area contributed by atoms with Crippen LogP contribution in [0.2, 0.25) is 0 Å². The van der Waals surface area contributed by atoms with E-state index in [0.717, 1.165) is 22.0 Å². The molecule has 0 unspecified atom stereocenters. The summed E-state index contributed by atoms with van der Waals surface area (Å²) in [5.74, 6) is 0. The van der Waals surface area contributed by atoms with Gasteiger partial charge in [-0.2, -0.15) is 0 Å². The molecule has 0 saturated carbocycles. The van der Waals surface area contributed by atoms with Gasteiger partial charge in [-0.3, -0.25) is 14.7 Å². The molecule has 0 radical (unpaired) electrons. The topological polar surface area (TPSA) is 70.7 Å². The Morgan fingerprint density at radius 3 is 2.41 bits per heavy atom. The van der Waals surface area contributed by atoms with Crippen LogP contribution in [-0.4, -0.2) is 14.8 Å². The molecule has 2 aromatic heterocycles. The molecular weight excluding hydrogens is 362 g/mol. The average Bonchev–Trinajstić information content (AvgIpc) is 3.08. The lowest BCUT2D eigenvalue weighted by molar-refractivity contribution is 0.857. The van der Waals surface area contributed by atoms with E-state index in [-0.39, 0.29) is 16.4 Å². The molecule has 0 aliphatic carbocycles. The number of pyridine rings is 1. The van der Waals surface area contributed by atoms with Crippen molar-refractivity contribution in [3.05, 3.63) is 110 Å². The largest absolute Gasteiger partial charge is 0.343 e. The standard InChI is InChI=1S/C24H19N3O2/c1-15-20(14-17-10-7-9-16-8-5-6-13-19(16)17)22(28)21-23(25-15)26-27(24(21)29)18-11-3-2-4-12-18/h2-13H,14H2,1H3,(H2,25,26,28). The Balaban J connectivity index is 1.70. The molecule has 5 heteroatoms. The van der Waals surface area contributed by atoms with Crippen LogP contribution in [0.1, 0.15) is 16.8 Å². The summed E-state index contributed by atoms with van der Waals surface area (Å²) in [6, 6.07) is 23.4. The number of benzene rings is 3. The molecule has 2 heterocycles. The fourth-order valence-corrected chi connectivity index (χ4v) is 3.93. The molecule has 29 heavy (non-hydrogen) atoms. The van der Waals surface area contributed by atoms with Crippen LogP contribution in [-0.2, 0) is 6.42 Å². The first-order valence-corrected chi connectivity index (χ1v) is 9.52. The van der Waals surface area contributed by atoms with E-state index in [1.807, 2.05) is 61.5 Å². The van der Waals surface area contributed by atoms with Crippen LogP contribution in [0.25, 0.3) is 27.5 Å². The monoisotopic (exact) mass is 381 g/mol. The number of nitrogens with zero attached hydrogens (tertiary/aromatic N) is 1. The molecule has 5 aromatic rings. The highest BCUT2D eigenvalue weighted by Gasteiger charge is 2.17. The van der Waals surface area contributed by atoms with E-state index >= 15 is 0 Å². The van der Waals surface area contributed by atoms with E-state index in [4.69, 9.17) is 0 Å². The molecule has 5 rings (SSSR count). The number of hydrogen-bond acceptors (Lipinski definition) is 2. The summed E-state index contributed by atoms with van der Waals surface area (Å²) in [4.78, 5) is 29.5. The molecule has 0 amide bonds. The second kappa shape index (κ2) is 6.63. The van der Waals surface area contributed by atoms with Crippen molar-refractivity contribution in [2.75, 3.05) is 0 Å². The number of rotatable bonds is 3. The lowest BCUT2D eigenvalue weighted by atomic mass is 9.97. The van der Waals surface area contributed by atoms with Gasteiger partial charge in [0, 0.05) is 17.7 Å². The van der Waals surface area contributed by atoms with Gasteiger partial charge in [0.05, 0.1) is 5.69 Å². The third-order valence-electron chi connectivity index (χ3n) is 5.42. The van der Waals surface area contributed by atoms with Gasteiger partial charge in [0.1, 0.15) is 11.0 Å². The number of fused-ring (bicyclic) bond motifs is 2. The van der Waals surface area contributed by atoms with Crippen LogP contribution < -0.4 is 11.0 Å². The van der Waals surface area contributed by atoms with Crippen molar-refractivity contribution in [2.45, 2.75) is 13.3 Å². The minimum Gasteiger partial charge on any atom is -0.343 e. The van der Waals surface area contributed by atoms with Crippen molar-refractivity contribution >= 4 is 21.8 Å². The summed E-state index contributed by atoms with van der Waals surface area (Å²) in [5, 5.41) is 5.44. The zero-order valence-electron chi connectivity index (χ0n) is 15.9. The molecule has 2 N–H and O–H groups in total. The lowest BCUT2D eigenvalue weighted by Gasteiger charge is -2.09. The van der Waals surface area contributed by atoms with Crippen LogP contribution in [0.4, 0.5) is 0 Å². The summed E-state index contributed by atoms with van der Waals surface area (Å²) in [6.45, 7) is 1.87. The van der Waals surface area contributed by atoms with E-state index in [2.05, 4.69) is 28.3 Å². The molecule has 0 aliphatic rings. The Morgan fingerprint density at radius 2 is 1.59 bits per heavy atom. The Labute approximate surface area is 166 Å². The number of aromatic amines is 2. The molecule has 142 valence electrons. The molecule has 0 atom stereocenters. The zero-order chi connectivity index (χ0) is 20.0. The van der Waals surface area contributed by atoms with Crippen molar-refractivity contribution in [3.63, 3.8) is 0 Å². The van der Waals surface area contributed by atoms with Gasteiger partial charge in [-0.05, 0) is 35.4 Å². The van der Waals surface area contributed by atoms with Crippen molar-refractivity contribution in [3.8, 4) is 5.69 Å². The molecular formula is C24H19N3O2. The number of nitrogens with one attached hydrogen (secondary N) is 2. The Morgan fingerprint density at radius 1 is 0.862 bits per heavy atom. The fraction of sp³-hybridized carbons (Fsp3) is 0.0833. The molecule has 0 bridgehead atoms. The van der Waals surface area contributed by atoms with Gasteiger partial charge in [0.2, 0.25) is 0 Å². The zero-order valence-corrected chi connectivity index (χ0v) is 15.9. The predicted octanol–water partition coefficient (Wildman–Crippen LogP) is 4.06. The smallest absolute Gasteiger partial charge is 0.284 e. The van der Waals surface area contributed by atoms with Crippen molar-refractivity contribution < 1.29 is 0 Å². The molecule has 0 spiro atoms. The maximum Gasteiger partial charge on any atom is 0.284 e.